The molecule has 1 aromatic rings. The zero-order chi connectivity index (χ0) is 12.5. The smallest absolute Gasteiger partial charge is 0.418 e. The van der Waals surface area contributed by atoms with Crippen LogP contribution in [0.5, 0.6) is 0 Å². The van der Waals surface area contributed by atoms with Gasteiger partial charge in [0.15, 0.2) is 0 Å². The van der Waals surface area contributed by atoms with E-state index in [1.54, 1.807) is 22.6 Å². The van der Waals surface area contributed by atoms with Gasteiger partial charge in [-0.25, -0.2) is 4.79 Å². The van der Waals surface area contributed by atoms with Crippen LogP contribution >= 0.6 is 22.6 Å². The van der Waals surface area contributed by atoms with Gasteiger partial charge in [0, 0.05) is 3.57 Å². The van der Waals surface area contributed by atoms with Crippen LogP contribution < -0.4 is 5.73 Å². The van der Waals surface area contributed by atoms with Crippen LogP contribution in [-0.4, -0.2) is 13.1 Å². The Labute approximate surface area is 103 Å². The Morgan fingerprint density at radius 2 is 2.00 bits per heavy atom. The molecule has 0 unspecified atom stereocenters. The van der Waals surface area contributed by atoms with E-state index >= 15 is 0 Å². The second-order valence-corrected chi connectivity index (χ2v) is 4.15. The summed E-state index contributed by atoms with van der Waals surface area (Å²) in [7, 11) is 1.08. The van der Waals surface area contributed by atoms with Crippen molar-refractivity contribution in [2.75, 3.05) is 12.8 Å². The molecule has 0 aliphatic rings. The number of nitrogens with two attached hydrogens (primary N) is 1. The highest BCUT2D eigenvalue weighted by Crippen LogP contribution is 2.36. The molecule has 3 nitrogen and oxygen atoms in total. The Hall–Kier alpha value is -0.990. The lowest BCUT2D eigenvalue weighted by Gasteiger charge is -2.13. The van der Waals surface area contributed by atoms with Gasteiger partial charge in [0.1, 0.15) is 0 Å². The highest BCUT2D eigenvalue weighted by Gasteiger charge is 2.35. The van der Waals surface area contributed by atoms with E-state index in [9.17, 15) is 18.0 Å². The van der Waals surface area contributed by atoms with Crippen LogP contribution in [0.25, 0.3) is 0 Å². The lowest BCUT2D eigenvalue weighted by Crippen LogP contribution is -2.14. The number of esters is 1. The van der Waals surface area contributed by atoms with Crippen molar-refractivity contribution < 1.29 is 22.7 Å². The molecule has 0 spiro atoms. The van der Waals surface area contributed by atoms with Gasteiger partial charge >= 0.3 is 12.1 Å². The van der Waals surface area contributed by atoms with Crippen molar-refractivity contribution in [2.45, 2.75) is 6.18 Å². The molecule has 0 saturated carbocycles. The Kier molecular flexibility index (Phi) is 3.66. The minimum Gasteiger partial charge on any atom is -0.465 e. The Balaban J connectivity index is 3.44. The molecule has 7 heteroatoms. The number of alkyl halides is 3. The average molecular weight is 345 g/mol. The van der Waals surface area contributed by atoms with Gasteiger partial charge in [-0.2, -0.15) is 13.2 Å². The monoisotopic (exact) mass is 345 g/mol. The Bertz CT molecular complexity index is 431. The Morgan fingerprint density at radius 3 is 2.44 bits per heavy atom. The number of halogens is 4. The predicted molar refractivity (Wildman–Crippen MR) is 59.9 cm³/mol. The van der Waals surface area contributed by atoms with E-state index < -0.39 is 23.4 Å². The fourth-order valence-electron chi connectivity index (χ4n) is 1.13. The first-order valence-corrected chi connectivity index (χ1v) is 5.09. The average Bonchev–Trinajstić information content (AvgIpc) is 2.18. The molecule has 0 radical (unpaired) electrons. The third kappa shape index (κ3) is 2.57. The van der Waals surface area contributed by atoms with Gasteiger partial charge in [-0.05, 0) is 34.7 Å². The molecule has 0 atom stereocenters. The van der Waals surface area contributed by atoms with E-state index in [0.717, 1.165) is 13.2 Å². The first kappa shape index (κ1) is 13.1. The van der Waals surface area contributed by atoms with Crippen LogP contribution in [0.2, 0.25) is 0 Å². The van der Waals surface area contributed by atoms with Crippen molar-refractivity contribution in [1.82, 2.24) is 0 Å². The normalized spacial score (nSPS) is 11.3. The van der Waals surface area contributed by atoms with Crippen molar-refractivity contribution >= 4 is 34.2 Å². The summed E-state index contributed by atoms with van der Waals surface area (Å²) in [5.41, 5.74) is 3.38. The molecule has 1 aromatic carbocycles. The molecule has 0 aliphatic heterocycles. The Morgan fingerprint density at radius 1 is 1.44 bits per heavy atom. The minimum absolute atomic E-state index is 0.263. The van der Waals surface area contributed by atoms with Crippen molar-refractivity contribution in [1.29, 1.82) is 0 Å². The van der Waals surface area contributed by atoms with Crippen molar-refractivity contribution in [3.63, 3.8) is 0 Å². The van der Waals surface area contributed by atoms with E-state index in [1.165, 1.54) is 6.07 Å². The lowest BCUT2D eigenvalue weighted by atomic mass is 10.1. The summed E-state index contributed by atoms with van der Waals surface area (Å²) in [6.45, 7) is 0. The van der Waals surface area contributed by atoms with Crippen molar-refractivity contribution in [3.8, 4) is 0 Å². The fraction of sp³-hybridized carbons (Fsp3) is 0.222. The van der Waals surface area contributed by atoms with Crippen LogP contribution in [0.4, 0.5) is 18.9 Å². The molecule has 0 aliphatic carbocycles. The number of nitrogen functional groups attached to an aromatic ring is 1. The lowest BCUT2D eigenvalue weighted by molar-refractivity contribution is -0.137. The third-order valence-electron chi connectivity index (χ3n) is 1.86. The summed E-state index contributed by atoms with van der Waals surface area (Å²) < 4.78 is 42.2. The number of carbonyl (C=O) groups excluding carboxylic acids is 1. The zero-order valence-electron chi connectivity index (χ0n) is 8.06. The molecule has 16 heavy (non-hydrogen) atoms. The molecule has 88 valence electrons. The second-order valence-electron chi connectivity index (χ2n) is 2.90. The van der Waals surface area contributed by atoms with Gasteiger partial charge in [-0.3, -0.25) is 0 Å². The topological polar surface area (TPSA) is 52.3 Å². The summed E-state index contributed by atoms with van der Waals surface area (Å²) in [5, 5.41) is 0. The number of methoxy groups -OCH3 is 1. The molecule has 0 bridgehead atoms. The fourth-order valence-corrected chi connectivity index (χ4v) is 1.75. The van der Waals surface area contributed by atoms with Crippen LogP contribution in [-0.2, 0) is 10.9 Å². The number of benzene rings is 1. The number of anilines is 1. The SMILES string of the molecule is COC(=O)c1cc(I)cc(C(F)(F)F)c1N. The van der Waals surface area contributed by atoms with Gasteiger partial charge in [0.2, 0.25) is 0 Å². The van der Waals surface area contributed by atoms with Crippen LogP contribution in [0, 0.1) is 3.57 Å². The molecule has 0 fully saturated rings. The van der Waals surface area contributed by atoms with Gasteiger partial charge in [0.25, 0.3) is 0 Å². The van der Waals surface area contributed by atoms with Crippen LogP contribution in [0.1, 0.15) is 15.9 Å². The van der Waals surface area contributed by atoms with E-state index in [1.807, 2.05) is 0 Å². The quantitative estimate of drug-likeness (QED) is 0.484. The molecule has 0 heterocycles. The van der Waals surface area contributed by atoms with Gasteiger partial charge in [-0.15, -0.1) is 0 Å². The third-order valence-corrected chi connectivity index (χ3v) is 2.48. The highest BCUT2D eigenvalue weighted by molar-refractivity contribution is 14.1. The van der Waals surface area contributed by atoms with E-state index in [4.69, 9.17) is 5.73 Å². The van der Waals surface area contributed by atoms with E-state index in [-0.39, 0.29) is 9.13 Å². The molecular weight excluding hydrogens is 338 g/mol. The summed E-state index contributed by atoms with van der Waals surface area (Å²) >= 11 is 1.67. The summed E-state index contributed by atoms with van der Waals surface area (Å²) in [6, 6.07) is 2.12. The van der Waals surface area contributed by atoms with Crippen LogP contribution in [0.3, 0.4) is 0 Å². The number of carbonyl (C=O) groups is 1. The van der Waals surface area contributed by atoms with Crippen LogP contribution in [0.15, 0.2) is 12.1 Å². The second kappa shape index (κ2) is 4.48. The number of rotatable bonds is 1. The maximum Gasteiger partial charge on any atom is 0.418 e. The predicted octanol–water partition coefficient (Wildman–Crippen LogP) is 2.68. The molecule has 2 N–H and O–H groups in total. The molecule has 0 amide bonds. The first-order valence-electron chi connectivity index (χ1n) is 4.02. The van der Waals surface area contributed by atoms with E-state index in [0.29, 0.717) is 0 Å². The van der Waals surface area contributed by atoms with Gasteiger partial charge in [-0.1, -0.05) is 0 Å². The summed E-state index contributed by atoms with van der Waals surface area (Å²) in [4.78, 5) is 11.2. The number of hydrogen-bond acceptors (Lipinski definition) is 3. The van der Waals surface area contributed by atoms with Crippen molar-refractivity contribution in [2.24, 2.45) is 0 Å². The number of hydrogen-bond donors (Lipinski definition) is 1. The van der Waals surface area contributed by atoms with Crippen molar-refractivity contribution in [3.05, 3.63) is 26.8 Å². The summed E-state index contributed by atoms with van der Waals surface area (Å²) in [5.74, 6) is -0.887. The van der Waals surface area contributed by atoms with Gasteiger partial charge < -0.3 is 10.5 Å². The number of ether oxygens (including phenoxy) is 1. The van der Waals surface area contributed by atoms with Gasteiger partial charge in [0.05, 0.1) is 23.9 Å². The highest BCUT2D eigenvalue weighted by atomic mass is 127. The summed E-state index contributed by atoms with van der Waals surface area (Å²) in [6.07, 6.45) is -4.59. The maximum absolute atomic E-state index is 12.5. The standard InChI is InChI=1S/C9H7F3INO2/c1-16-8(15)5-2-4(13)3-6(7(5)14)9(10,11)12/h2-3H,14H2,1H3. The largest absolute Gasteiger partial charge is 0.465 e. The van der Waals surface area contributed by atoms with E-state index in [2.05, 4.69) is 4.74 Å². The minimum atomic E-state index is -4.59. The maximum atomic E-state index is 12.5. The molecule has 0 saturated heterocycles. The zero-order valence-corrected chi connectivity index (χ0v) is 10.2. The molecule has 0 aromatic heterocycles. The molecular formula is C9H7F3INO2. The first-order chi connectivity index (χ1) is 7.27. The molecule has 1 rings (SSSR count).